The Morgan fingerprint density at radius 3 is 2.62 bits per heavy atom. The van der Waals surface area contributed by atoms with Crippen molar-refractivity contribution in [3.05, 3.63) is 0 Å². The third-order valence-electron chi connectivity index (χ3n) is 1.67. The molecule has 0 saturated carbocycles. The van der Waals surface area contributed by atoms with Crippen LogP contribution in [0.4, 0.5) is 0 Å². The van der Waals surface area contributed by atoms with E-state index in [9.17, 15) is 0 Å². The van der Waals surface area contributed by atoms with Crippen LogP contribution in [0.3, 0.4) is 0 Å². The van der Waals surface area contributed by atoms with Gasteiger partial charge in [0.1, 0.15) is 0 Å². The van der Waals surface area contributed by atoms with Gasteiger partial charge in [0.2, 0.25) is 0 Å². The van der Waals surface area contributed by atoms with Gasteiger partial charge in [-0.25, -0.2) is 0 Å². The predicted molar refractivity (Wildman–Crippen MR) is 55.5 cm³/mol. The van der Waals surface area contributed by atoms with Crippen molar-refractivity contribution in [1.82, 2.24) is 5.32 Å². The van der Waals surface area contributed by atoms with Crippen LogP contribution in [0.15, 0.2) is 0 Å². The van der Waals surface area contributed by atoms with E-state index < -0.39 is 0 Å². The molecule has 0 saturated heterocycles. The fraction of sp³-hybridized carbons (Fsp3) is 1.00. The largest absolute Gasteiger partial charge is 0.385 e. The topological polar surface area (TPSA) is 30.5 Å². The van der Waals surface area contributed by atoms with E-state index in [2.05, 4.69) is 5.32 Å². The molecular weight excluding hydrogens is 190 g/mol. The SMILES string of the molecule is COCCCCNCC(Cl)COC. The van der Waals surface area contributed by atoms with E-state index in [0.717, 1.165) is 32.5 Å². The van der Waals surface area contributed by atoms with Crippen molar-refractivity contribution >= 4 is 11.6 Å². The normalized spacial score (nSPS) is 13.2. The second kappa shape index (κ2) is 10.3. The van der Waals surface area contributed by atoms with Crippen LogP contribution in [0.25, 0.3) is 0 Å². The van der Waals surface area contributed by atoms with Crippen LogP contribution in [0, 0.1) is 0 Å². The Labute approximate surface area is 85.7 Å². The highest BCUT2D eigenvalue weighted by molar-refractivity contribution is 6.20. The number of alkyl halides is 1. The lowest BCUT2D eigenvalue weighted by Crippen LogP contribution is -2.27. The van der Waals surface area contributed by atoms with Crippen molar-refractivity contribution in [2.75, 3.05) is 40.5 Å². The molecule has 1 atom stereocenters. The van der Waals surface area contributed by atoms with Crippen molar-refractivity contribution in [2.45, 2.75) is 18.2 Å². The molecule has 0 rings (SSSR count). The zero-order valence-electron chi connectivity index (χ0n) is 8.51. The summed E-state index contributed by atoms with van der Waals surface area (Å²) in [5.41, 5.74) is 0. The molecule has 0 aromatic carbocycles. The summed E-state index contributed by atoms with van der Waals surface area (Å²) in [5, 5.41) is 3.34. The molecule has 1 unspecified atom stereocenters. The molecule has 0 radical (unpaired) electrons. The molecule has 80 valence electrons. The van der Waals surface area contributed by atoms with Gasteiger partial charge in [0, 0.05) is 27.4 Å². The molecule has 0 aliphatic heterocycles. The molecule has 13 heavy (non-hydrogen) atoms. The molecule has 0 aliphatic rings. The second-order valence-corrected chi connectivity index (χ2v) is 3.57. The molecule has 0 heterocycles. The molecule has 0 amide bonds. The quantitative estimate of drug-likeness (QED) is 0.458. The standard InChI is InChI=1S/C9H20ClNO2/c1-12-6-4-3-5-11-7-9(10)8-13-2/h9,11H,3-8H2,1-2H3. The van der Waals surface area contributed by atoms with Crippen molar-refractivity contribution in [3.63, 3.8) is 0 Å². The number of ether oxygens (including phenoxy) is 2. The summed E-state index contributed by atoms with van der Waals surface area (Å²) in [6.07, 6.45) is 2.23. The van der Waals surface area contributed by atoms with Gasteiger partial charge in [-0.1, -0.05) is 0 Å². The maximum Gasteiger partial charge on any atom is 0.0693 e. The molecule has 3 nitrogen and oxygen atoms in total. The number of hydrogen-bond acceptors (Lipinski definition) is 3. The van der Waals surface area contributed by atoms with Gasteiger partial charge in [0.25, 0.3) is 0 Å². The highest BCUT2D eigenvalue weighted by atomic mass is 35.5. The van der Waals surface area contributed by atoms with Gasteiger partial charge < -0.3 is 14.8 Å². The monoisotopic (exact) mass is 209 g/mol. The fourth-order valence-electron chi connectivity index (χ4n) is 0.995. The van der Waals surface area contributed by atoms with Crippen LogP contribution in [-0.2, 0) is 9.47 Å². The minimum Gasteiger partial charge on any atom is -0.385 e. The Balaban J connectivity index is 2.97. The molecule has 4 heteroatoms. The van der Waals surface area contributed by atoms with Crippen LogP contribution in [0.1, 0.15) is 12.8 Å². The van der Waals surface area contributed by atoms with Gasteiger partial charge in [-0.05, 0) is 19.4 Å². The molecular formula is C9H20ClNO2. The molecule has 0 aliphatic carbocycles. The minimum absolute atomic E-state index is 0.0763. The minimum atomic E-state index is 0.0763. The first-order valence-electron chi connectivity index (χ1n) is 4.64. The summed E-state index contributed by atoms with van der Waals surface area (Å²) >= 11 is 5.91. The summed E-state index contributed by atoms with van der Waals surface area (Å²) < 4.78 is 9.84. The van der Waals surface area contributed by atoms with E-state index in [-0.39, 0.29) is 5.38 Å². The molecule has 0 fully saturated rings. The second-order valence-electron chi connectivity index (χ2n) is 2.96. The van der Waals surface area contributed by atoms with Crippen molar-refractivity contribution in [2.24, 2.45) is 0 Å². The maximum atomic E-state index is 5.91. The van der Waals surface area contributed by atoms with E-state index in [1.54, 1.807) is 14.2 Å². The molecule has 1 N–H and O–H groups in total. The first kappa shape index (κ1) is 13.2. The van der Waals surface area contributed by atoms with E-state index in [1.807, 2.05) is 0 Å². The van der Waals surface area contributed by atoms with Gasteiger partial charge in [0.15, 0.2) is 0 Å². The summed E-state index contributed by atoms with van der Waals surface area (Å²) in [7, 11) is 3.38. The van der Waals surface area contributed by atoms with E-state index >= 15 is 0 Å². The number of hydrogen-bond donors (Lipinski definition) is 1. The maximum absolute atomic E-state index is 5.91. The van der Waals surface area contributed by atoms with Crippen molar-refractivity contribution in [3.8, 4) is 0 Å². The zero-order valence-corrected chi connectivity index (χ0v) is 9.27. The number of halogens is 1. The average molecular weight is 210 g/mol. The highest BCUT2D eigenvalue weighted by Crippen LogP contribution is 1.94. The molecule has 0 bridgehead atoms. The third-order valence-corrected chi connectivity index (χ3v) is 1.95. The van der Waals surface area contributed by atoms with Crippen LogP contribution in [0.2, 0.25) is 0 Å². The zero-order chi connectivity index (χ0) is 9.94. The van der Waals surface area contributed by atoms with Crippen LogP contribution < -0.4 is 5.32 Å². The van der Waals surface area contributed by atoms with Gasteiger partial charge in [-0.15, -0.1) is 11.6 Å². The Morgan fingerprint density at radius 1 is 1.23 bits per heavy atom. The Kier molecular flexibility index (Phi) is 10.4. The lowest BCUT2D eigenvalue weighted by molar-refractivity contribution is 0.190. The van der Waals surface area contributed by atoms with Gasteiger partial charge >= 0.3 is 0 Å². The van der Waals surface area contributed by atoms with Gasteiger partial charge in [-0.2, -0.15) is 0 Å². The summed E-state index contributed by atoms with van der Waals surface area (Å²) in [5.74, 6) is 0. The first-order valence-corrected chi connectivity index (χ1v) is 5.07. The smallest absolute Gasteiger partial charge is 0.0693 e. The van der Waals surface area contributed by atoms with Crippen LogP contribution in [-0.4, -0.2) is 45.9 Å². The number of rotatable bonds is 9. The summed E-state index contributed by atoms with van der Waals surface area (Å²) in [6.45, 7) is 3.25. The lowest BCUT2D eigenvalue weighted by atomic mass is 10.3. The Bertz CT molecular complexity index is 104. The third kappa shape index (κ3) is 10.1. The van der Waals surface area contributed by atoms with Crippen LogP contribution in [0.5, 0.6) is 0 Å². The molecule has 0 aromatic rings. The van der Waals surface area contributed by atoms with E-state index in [1.165, 1.54) is 0 Å². The molecule has 0 aromatic heterocycles. The Morgan fingerprint density at radius 2 is 2.00 bits per heavy atom. The summed E-state index contributed by atoms with van der Waals surface area (Å²) in [6, 6.07) is 0. The number of nitrogens with one attached hydrogen (secondary N) is 1. The van der Waals surface area contributed by atoms with Gasteiger partial charge in [0.05, 0.1) is 12.0 Å². The number of unbranched alkanes of at least 4 members (excludes halogenated alkanes) is 1. The fourth-order valence-corrected chi connectivity index (χ4v) is 1.23. The number of methoxy groups -OCH3 is 2. The first-order chi connectivity index (χ1) is 6.31. The average Bonchev–Trinajstić information content (AvgIpc) is 2.11. The van der Waals surface area contributed by atoms with Crippen molar-refractivity contribution in [1.29, 1.82) is 0 Å². The summed E-state index contributed by atoms with van der Waals surface area (Å²) in [4.78, 5) is 0. The van der Waals surface area contributed by atoms with Gasteiger partial charge in [-0.3, -0.25) is 0 Å². The predicted octanol–water partition coefficient (Wildman–Crippen LogP) is 1.26. The van der Waals surface area contributed by atoms with Crippen LogP contribution >= 0.6 is 11.6 Å². The molecule has 0 spiro atoms. The highest BCUT2D eigenvalue weighted by Gasteiger charge is 2.01. The van der Waals surface area contributed by atoms with Crippen molar-refractivity contribution < 1.29 is 9.47 Å². The van der Waals surface area contributed by atoms with E-state index in [4.69, 9.17) is 21.1 Å². The van der Waals surface area contributed by atoms with E-state index in [0.29, 0.717) is 6.61 Å². The Hall–Kier alpha value is 0.170. The lowest BCUT2D eigenvalue weighted by Gasteiger charge is -2.09.